The molecule has 2 saturated heterocycles. The molecule has 1 aromatic carbocycles. The predicted octanol–water partition coefficient (Wildman–Crippen LogP) is 1.27. The summed E-state index contributed by atoms with van der Waals surface area (Å²) in [6.45, 7) is 3.86. The van der Waals surface area contributed by atoms with E-state index in [1.807, 2.05) is 12.1 Å². The van der Waals surface area contributed by atoms with Gasteiger partial charge in [-0.2, -0.15) is 0 Å². The summed E-state index contributed by atoms with van der Waals surface area (Å²) in [6, 6.07) is 7.89. The third-order valence-corrected chi connectivity index (χ3v) is 4.99. The Morgan fingerprint density at radius 1 is 1.24 bits per heavy atom. The minimum Gasteiger partial charge on any atom is -0.497 e. The molecular weight excluding hydrogens is 344 g/mol. The molecule has 3 rings (SSSR count). The molecule has 2 heterocycles. The fraction of sp³-hybridized carbons (Fsp3) is 0.611. The molecule has 0 spiro atoms. The average Bonchev–Trinajstić information content (AvgIpc) is 2.67. The first kappa shape index (κ1) is 20.0. The molecule has 25 heavy (non-hydrogen) atoms. The number of morpholine rings is 1. The molecule has 7 heteroatoms. The zero-order chi connectivity index (χ0) is 16.8. The lowest BCUT2D eigenvalue weighted by atomic mass is 9.74. The van der Waals surface area contributed by atoms with Gasteiger partial charge in [0.15, 0.2) is 0 Å². The van der Waals surface area contributed by atoms with Crippen molar-refractivity contribution in [1.82, 2.24) is 10.6 Å². The van der Waals surface area contributed by atoms with Crippen LogP contribution in [0, 0.1) is 0 Å². The second kappa shape index (κ2) is 9.38. The van der Waals surface area contributed by atoms with E-state index in [2.05, 4.69) is 22.8 Å². The average molecular weight is 371 g/mol. The highest BCUT2D eigenvalue weighted by Gasteiger charge is 2.35. The van der Waals surface area contributed by atoms with Crippen LogP contribution in [-0.4, -0.2) is 58.6 Å². The minimum atomic E-state index is -0.258. The van der Waals surface area contributed by atoms with Gasteiger partial charge in [-0.25, -0.2) is 0 Å². The first-order valence-electron chi connectivity index (χ1n) is 8.55. The molecule has 0 bridgehead atoms. The molecule has 6 nitrogen and oxygen atoms in total. The number of ether oxygens (including phenoxy) is 3. The van der Waals surface area contributed by atoms with Crippen LogP contribution >= 0.6 is 12.4 Å². The largest absolute Gasteiger partial charge is 0.497 e. The molecule has 140 valence electrons. The van der Waals surface area contributed by atoms with Crippen LogP contribution in [-0.2, 0) is 19.7 Å². The van der Waals surface area contributed by atoms with Gasteiger partial charge >= 0.3 is 0 Å². The Morgan fingerprint density at radius 2 is 1.96 bits per heavy atom. The van der Waals surface area contributed by atoms with E-state index in [1.165, 1.54) is 5.56 Å². The molecule has 2 N–H and O–H groups in total. The quantitative estimate of drug-likeness (QED) is 0.817. The summed E-state index contributed by atoms with van der Waals surface area (Å²) < 4.78 is 16.2. The van der Waals surface area contributed by atoms with Crippen molar-refractivity contribution in [3.8, 4) is 5.75 Å². The highest BCUT2D eigenvalue weighted by molar-refractivity contribution is 5.85. The van der Waals surface area contributed by atoms with E-state index in [0.29, 0.717) is 33.0 Å². The van der Waals surface area contributed by atoms with Gasteiger partial charge in [-0.15, -0.1) is 12.4 Å². The van der Waals surface area contributed by atoms with Gasteiger partial charge in [-0.3, -0.25) is 4.79 Å². The fourth-order valence-electron chi connectivity index (χ4n) is 3.39. The van der Waals surface area contributed by atoms with Crippen LogP contribution in [0.2, 0.25) is 0 Å². The van der Waals surface area contributed by atoms with Gasteiger partial charge < -0.3 is 24.8 Å². The van der Waals surface area contributed by atoms with Crippen LogP contribution in [0.3, 0.4) is 0 Å². The maximum absolute atomic E-state index is 12.4. The van der Waals surface area contributed by atoms with Crippen molar-refractivity contribution in [2.75, 3.05) is 46.6 Å². The molecule has 0 radical (unpaired) electrons. The molecule has 2 aliphatic heterocycles. The fourth-order valence-corrected chi connectivity index (χ4v) is 3.39. The molecule has 1 amide bonds. The monoisotopic (exact) mass is 370 g/mol. The molecule has 0 saturated carbocycles. The van der Waals surface area contributed by atoms with Crippen LogP contribution in [0.1, 0.15) is 18.4 Å². The number of hydrogen-bond donors (Lipinski definition) is 2. The van der Waals surface area contributed by atoms with Crippen molar-refractivity contribution >= 4 is 18.3 Å². The maximum atomic E-state index is 12.4. The molecule has 0 aromatic heterocycles. The van der Waals surface area contributed by atoms with E-state index in [1.54, 1.807) is 7.11 Å². The molecular formula is C18H27ClN2O4. The minimum absolute atomic E-state index is 0. The Balaban J connectivity index is 0.00000225. The summed E-state index contributed by atoms with van der Waals surface area (Å²) in [4.78, 5) is 12.4. The van der Waals surface area contributed by atoms with Crippen molar-refractivity contribution in [2.45, 2.75) is 24.3 Å². The molecule has 2 aliphatic rings. The lowest BCUT2D eigenvalue weighted by Gasteiger charge is -2.38. The van der Waals surface area contributed by atoms with Gasteiger partial charge in [0.2, 0.25) is 5.91 Å². The van der Waals surface area contributed by atoms with E-state index in [4.69, 9.17) is 14.2 Å². The number of hydrogen-bond acceptors (Lipinski definition) is 5. The van der Waals surface area contributed by atoms with Crippen molar-refractivity contribution in [1.29, 1.82) is 0 Å². The van der Waals surface area contributed by atoms with Crippen molar-refractivity contribution < 1.29 is 19.0 Å². The Kier molecular flexibility index (Phi) is 7.50. The number of methoxy groups -OCH3 is 1. The van der Waals surface area contributed by atoms with E-state index in [0.717, 1.165) is 25.1 Å². The normalized spacial score (nSPS) is 22.5. The molecule has 2 fully saturated rings. The van der Waals surface area contributed by atoms with Crippen LogP contribution in [0.5, 0.6) is 5.75 Å². The van der Waals surface area contributed by atoms with E-state index < -0.39 is 0 Å². The first-order chi connectivity index (χ1) is 11.7. The highest BCUT2D eigenvalue weighted by atomic mass is 35.5. The lowest BCUT2D eigenvalue weighted by molar-refractivity contribution is -0.126. The third-order valence-electron chi connectivity index (χ3n) is 4.99. The van der Waals surface area contributed by atoms with E-state index >= 15 is 0 Å². The van der Waals surface area contributed by atoms with Crippen LogP contribution in [0.4, 0.5) is 0 Å². The van der Waals surface area contributed by atoms with Gasteiger partial charge in [-0.1, -0.05) is 12.1 Å². The van der Waals surface area contributed by atoms with E-state index in [9.17, 15) is 4.79 Å². The Morgan fingerprint density at radius 3 is 2.56 bits per heavy atom. The summed E-state index contributed by atoms with van der Waals surface area (Å²) >= 11 is 0. The predicted molar refractivity (Wildman–Crippen MR) is 97.6 cm³/mol. The number of nitrogens with one attached hydrogen (secondary N) is 2. The Bertz CT molecular complexity index is 541. The zero-order valence-corrected chi connectivity index (χ0v) is 15.4. The van der Waals surface area contributed by atoms with Gasteiger partial charge in [0, 0.05) is 31.7 Å². The molecule has 1 unspecified atom stereocenters. The number of carbonyl (C=O) groups is 1. The Hall–Kier alpha value is -1.34. The van der Waals surface area contributed by atoms with Gasteiger partial charge in [0.05, 0.1) is 20.3 Å². The number of rotatable bonds is 5. The first-order valence-corrected chi connectivity index (χ1v) is 8.55. The smallest absolute Gasteiger partial charge is 0.239 e. The second-order valence-electron chi connectivity index (χ2n) is 6.42. The topological polar surface area (TPSA) is 68.8 Å². The van der Waals surface area contributed by atoms with Crippen LogP contribution in [0.25, 0.3) is 0 Å². The van der Waals surface area contributed by atoms with Crippen molar-refractivity contribution in [3.63, 3.8) is 0 Å². The summed E-state index contributed by atoms with van der Waals surface area (Å²) in [5, 5.41) is 6.32. The summed E-state index contributed by atoms with van der Waals surface area (Å²) in [7, 11) is 1.67. The Labute approximate surface area is 155 Å². The SMILES string of the molecule is COc1ccc(C2(CNC(=O)C3COCCN3)CCOCC2)cc1.Cl. The van der Waals surface area contributed by atoms with Crippen LogP contribution in [0.15, 0.2) is 24.3 Å². The van der Waals surface area contributed by atoms with Gasteiger partial charge in [0.25, 0.3) is 0 Å². The number of amides is 1. The molecule has 0 aliphatic carbocycles. The van der Waals surface area contributed by atoms with Crippen molar-refractivity contribution in [2.24, 2.45) is 0 Å². The van der Waals surface area contributed by atoms with Crippen LogP contribution < -0.4 is 15.4 Å². The van der Waals surface area contributed by atoms with E-state index in [-0.39, 0.29) is 29.8 Å². The van der Waals surface area contributed by atoms with Gasteiger partial charge in [0.1, 0.15) is 11.8 Å². The number of halogens is 1. The summed E-state index contributed by atoms with van der Waals surface area (Å²) in [5.74, 6) is 0.850. The van der Waals surface area contributed by atoms with Gasteiger partial charge in [-0.05, 0) is 30.5 Å². The zero-order valence-electron chi connectivity index (χ0n) is 14.6. The summed E-state index contributed by atoms with van der Waals surface area (Å²) in [5.41, 5.74) is 1.13. The molecule has 1 aromatic rings. The third kappa shape index (κ3) is 4.85. The lowest BCUT2D eigenvalue weighted by Crippen LogP contribution is -2.54. The standard InChI is InChI=1S/C18H26N2O4.ClH/c1-22-15-4-2-14(3-5-15)18(6-9-23-10-7-18)13-20-17(21)16-12-24-11-8-19-16;/h2-5,16,19H,6-13H2,1H3,(H,20,21);1H. The number of carbonyl (C=O) groups excluding carboxylic acids is 1. The number of benzene rings is 1. The summed E-state index contributed by atoms with van der Waals surface area (Å²) in [6.07, 6.45) is 1.79. The highest BCUT2D eigenvalue weighted by Crippen LogP contribution is 2.35. The maximum Gasteiger partial charge on any atom is 0.239 e. The molecule has 1 atom stereocenters. The second-order valence-corrected chi connectivity index (χ2v) is 6.42. The van der Waals surface area contributed by atoms with Crippen molar-refractivity contribution in [3.05, 3.63) is 29.8 Å².